The van der Waals surface area contributed by atoms with Gasteiger partial charge in [-0.25, -0.2) is 4.79 Å². The first-order valence-electron chi connectivity index (χ1n) is 5.85. The Hall–Kier alpha value is -1.63. The van der Waals surface area contributed by atoms with Gasteiger partial charge in [0, 0.05) is 13.0 Å². The minimum atomic E-state index is -1.17. The van der Waals surface area contributed by atoms with Gasteiger partial charge in [-0.2, -0.15) is 0 Å². The first kappa shape index (κ1) is 14.4. The third-order valence-corrected chi connectivity index (χ3v) is 3.01. The Kier molecular flexibility index (Phi) is 5.08. The Balaban J connectivity index is 2.52. The van der Waals surface area contributed by atoms with E-state index in [1.54, 1.807) is 6.92 Å². The van der Waals surface area contributed by atoms with Crippen molar-refractivity contribution in [3.8, 4) is 0 Å². The highest BCUT2D eigenvalue weighted by Gasteiger charge is 2.33. The third-order valence-electron chi connectivity index (χ3n) is 3.01. The summed E-state index contributed by atoms with van der Waals surface area (Å²) in [5, 5.41) is 11.4. The van der Waals surface area contributed by atoms with E-state index in [1.165, 1.54) is 0 Å². The van der Waals surface area contributed by atoms with E-state index in [0.717, 1.165) is 0 Å². The van der Waals surface area contributed by atoms with E-state index in [1.807, 2.05) is 0 Å². The molecule has 0 radical (unpaired) electrons. The molecule has 4 N–H and O–H groups in total. The minimum Gasteiger partial charge on any atom is -0.480 e. The van der Waals surface area contributed by atoms with Gasteiger partial charge in [0.25, 0.3) is 0 Å². The zero-order chi connectivity index (χ0) is 13.7. The van der Waals surface area contributed by atoms with Crippen molar-refractivity contribution in [2.75, 3.05) is 6.61 Å². The molecule has 1 heterocycles. The number of carbonyl (C=O) groups excluding carboxylic acids is 2. The molecule has 7 heteroatoms. The zero-order valence-corrected chi connectivity index (χ0v) is 10.2. The molecule has 1 aliphatic rings. The summed E-state index contributed by atoms with van der Waals surface area (Å²) in [6.07, 6.45) is 0.289. The first-order chi connectivity index (χ1) is 8.41. The molecule has 7 nitrogen and oxygen atoms in total. The highest BCUT2D eigenvalue weighted by atomic mass is 16.5. The average Bonchev–Trinajstić information content (AvgIpc) is 2.69. The number of hydrogen-bond donors (Lipinski definition) is 3. The van der Waals surface area contributed by atoms with Crippen LogP contribution in [-0.4, -0.2) is 41.6 Å². The molecule has 3 atom stereocenters. The van der Waals surface area contributed by atoms with Crippen molar-refractivity contribution in [3.05, 3.63) is 0 Å². The number of nitrogens with two attached hydrogens (primary N) is 1. The maximum atomic E-state index is 11.8. The van der Waals surface area contributed by atoms with Crippen molar-refractivity contribution in [2.24, 2.45) is 11.7 Å². The number of aliphatic carboxylic acids is 1. The van der Waals surface area contributed by atoms with Crippen LogP contribution < -0.4 is 11.1 Å². The number of rotatable bonds is 6. The van der Waals surface area contributed by atoms with Gasteiger partial charge in [0.15, 0.2) is 0 Å². The second-order valence-corrected chi connectivity index (χ2v) is 4.38. The van der Waals surface area contributed by atoms with Crippen molar-refractivity contribution in [1.29, 1.82) is 0 Å². The van der Waals surface area contributed by atoms with E-state index >= 15 is 0 Å². The molecule has 102 valence electrons. The number of primary amides is 1. The van der Waals surface area contributed by atoms with Gasteiger partial charge in [-0.3, -0.25) is 9.59 Å². The molecule has 1 fully saturated rings. The lowest BCUT2D eigenvalue weighted by molar-refractivity contribution is -0.143. The summed E-state index contributed by atoms with van der Waals surface area (Å²) in [5.74, 6) is -2.44. The van der Waals surface area contributed by atoms with E-state index in [4.69, 9.17) is 15.6 Å². The molecule has 2 unspecified atom stereocenters. The van der Waals surface area contributed by atoms with Crippen molar-refractivity contribution < 1.29 is 24.2 Å². The predicted molar refractivity (Wildman–Crippen MR) is 61.5 cm³/mol. The molecule has 2 amide bonds. The van der Waals surface area contributed by atoms with Crippen LogP contribution in [0.5, 0.6) is 0 Å². The molecule has 0 aromatic carbocycles. The summed E-state index contributed by atoms with van der Waals surface area (Å²) in [6.45, 7) is 2.27. The standard InChI is InChI=1S/C11H18N2O5/c1-6-7(4-5-18-6)10(15)13-8(11(16)17)2-3-9(12)14/h6-8H,2-5H2,1H3,(H2,12,14)(H,13,15)(H,16,17)/t6?,7?,8-/m0/s1. The summed E-state index contributed by atoms with van der Waals surface area (Å²) in [4.78, 5) is 33.4. The quantitative estimate of drug-likeness (QED) is 0.579. The molecule has 1 rings (SSSR count). The third kappa shape index (κ3) is 3.99. The predicted octanol–water partition coefficient (Wildman–Crippen LogP) is -0.754. The highest BCUT2D eigenvalue weighted by molar-refractivity contribution is 5.86. The number of ether oxygens (including phenoxy) is 1. The molecular weight excluding hydrogens is 240 g/mol. The summed E-state index contributed by atoms with van der Waals surface area (Å²) in [5.41, 5.74) is 4.95. The fourth-order valence-electron chi connectivity index (χ4n) is 1.90. The maximum absolute atomic E-state index is 11.8. The van der Waals surface area contributed by atoms with E-state index in [-0.39, 0.29) is 30.8 Å². The smallest absolute Gasteiger partial charge is 0.326 e. The monoisotopic (exact) mass is 258 g/mol. The normalized spacial score (nSPS) is 24.5. The summed E-state index contributed by atoms with van der Waals surface area (Å²) in [6, 6.07) is -1.09. The molecule has 1 saturated heterocycles. The molecular formula is C11H18N2O5. The van der Waals surface area contributed by atoms with Crippen LogP contribution in [0.1, 0.15) is 26.2 Å². The van der Waals surface area contributed by atoms with Crippen LogP contribution in [0.3, 0.4) is 0 Å². The lowest BCUT2D eigenvalue weighted by atomic mass is 10.0. The van der Waals surface area contributed by atoms with Crippen LogP contribution in [0.25, 0.3) is 0 Å². The van der Waals surface area contributed by atoms with Gasteiger partial charge >= 0.3 is 5.97 Å². The molecule has 0 aromatic rings. The van der Waals surface area contributed by atoms with Gasteiger partial charge in [-0.15, -0.1) is 0 Å². The Labute approximate surface area is 105 Å². The van der Waals surface area contributed by atoms with Gasteiger partial charge in [0.05, 0.1) is 12.0 Å². The second-order valence-electron chi connectivity index (χ2n) is 4.38. The first-order valence-corrected chi connectivity index (χ1v) is 5.85. The van der Waals surface area contributed by atoms with Gasteiger partial charge in [0.2, 0.25) is 11.8 Å². The summed E-state index contributed by atoms with van der Waals surface area (Å²) >= 11 is 0. The number of hydrogen-bond acceptors (Lipinski definition) is 4. The Morgan fingerprint density at radius 3 is 2.61 bits per heavy atom. The largest absolute Gasteiger partial charge is 0.480 e. The molecule has 0 aromatic heterocycles. The fourth-order valence-corrected chi connectivity index (χ4v) is 1.90. The highest BCUT2D eigenvalue weighted by Crippen LogP contribution is 2.20. The van der Waals surface area contributed by atoms with Gasteiger partial charge in [-0.1, -0.05) is 0 Å². The van der Waals surface area contributed by atoms with Crippen LogP contribution in [0.4, 0.5) is 0 Å². The van der Waals surface area contributed by atoms with E-state index in [9.17, 15) is 14.4 Å². The molecule has 0 aliphatic carbocycles. The van der Waals surface area contributed by atoms with Gasteiger partial charge in [0.1, 0.15) is 6.04 Å². The van der Waals surface area contributed by atoms with Gasteiger partial charge in [-0.05, 0) is 19.8 Å². The minimum absolute atomic E-state index is 0.00162. The van der Waals surface area contributed by atoms with Crippen molar-refractivity contribution in [3.63, 3.8) is 0 Å². The van der Waals surface area contributed by atoms with Crippen LogP contribution >= 0.6 is 0 Å². The number of carboxylic acid groups (broad SMARTS) is 1. The Morgan fingerprint density at radius 2 is 2.17 bits per heavy atom. The maximum Gasteiger partial charge on any atom is 0.326 e. The number of nitrogens with one attached hydrogen (secondary N) is 1. The summed E-state index contributed by atoms with van der Waals surface area (Å²) < 4.78 is 5.24. The van der Waals surface area contributed by atoms with Crippen LogP contribution in [0.2, 0.25) is 0 Å². The lowest BCUT2D eigenvalue weighted by Crippen LogP contribution is -2.45. The fraction of sp³-hybridized carbons (Fsp3) is 0.727. The molecule has 0 bridgehead atoms. The van der Waals surface area contributed by atoms with Crippen LogP contribution in [0, 0.1) is 5.92 Å². The van der Waals surface area contributed by atoms with Crippen LogP contribution in [-0.2, 0) is 19.1 Å². The van der Waals surface area contributed by atoms with Crippen LogP contribution in [0.15, 0.2) is 0 Å². The topological polar surface area (TPSA) is 119 Å². The Bertz CT molecular complexity index is 344. The number of carbonyl (C=O) groups is 3. The lowest BCUT2D eigenvalue weighted by Gasteiger charge is -2.18. The van der Waals surface area contributed by atoms with E-state index < -0.39 is 17.9 Å². The second kappa shape index (κ2) is 6.34. The average molecular weight is 258 g/mol. The van der Waals surface area contributed by atoms with Crippen molar-refractivity contribution in [2.45, 2.75) is 38.3 Å². The zero-order valence-electron chi connectivity index (χ0n) is 10.2. The van der Waals surface area contributed by atoms with E-state index in [0.29, 0.717) is 13.0 Å². The van der Waals surface area contributed by atoms with Crippen molar-refractivity contribution in [1.82, 2.24) is 5.32 Å². The molecule has 18 heavy (non-hydrogen) atoms. The molecule has 0 spiro atoms. The SMILES string of the molecule is CC1OCCC1C(=O)N[C@@H](CCC(N)=O)C(=O)O. The Morgan fingerprint density at radius 1 is 1.50 bits per heavy atom. The van der Waals surface area contributed by atoms with E-state index in [2.05, 4.69) is 5.32 Å². The number of amides is 2. The van der Waals surface area contributed by atoms with Crippen molar-refractivity contribution >= 4 is 17.8 Å². The summed E-state index contributed by atoms with van der Waals surface area (Å²) in [7, 11) is 0. The number of carboxylic acids is 1. The molecule has 1 aliphatic heterocycles. The molecule has 0 saturated carbocycles. The van der Waals surface area contributed by atoms with Gasteiger partial charge < -0.3 is 20.9 Å².